The molecule has 0 unspecified atom stereocenters. The van der Waals surface area contributed by atoms with E-state index in [1.165, 1.54) is 10.7 Å². The first-order valence-corrected chi connectivity index (χ1v) is 5.59. The Morgan fingerprint density at radius 3 is 2.88 bits per heavy atom. The highest BCUT2D eigenvalue weighted by Gasteiger charge is 1.98. The molecule has 0 saturated carbocycles. The van der Waals surface area contributed by atoms with E-state index in [0.29, 0.717) is 32.1 Å². The number of aromatic nitrogens is 2. The fourth-order valence-electron chi connectivity index (χ4n) is 1.30. The number of methoxy groups -OCH3 is 1. The van der Waals surface area contributed by atoms with Crippen LogP contribution < -0.4 is 10.9 Å². The summed E-state index contributed by atoms with van der Waals surface area (Å²) in [6.07, 6.45) is 2.48. The summed E-state index contributed by atoms with van der Waals surface area (Å²) < 4.78 is 11.6. The van der Waals surface area contributed by atoms with Crippen molar-refractivity contribution >= 4 is 5.69 Å². The lowest BCUT2D eigenvalue weighted by Crippen LogP contribution is -2.24. The van der Waals surface area contributed by atoms with Gasteiger partial charge in [-0.25, -0.2) is 4.68 Å². The van der Waals surface area contributed by atoms with Crippen molar-refractivity contribution in [2.45, 2.75) is 13.0 Å². The van der Waals surface area contributed by atoms with Crippen molar-refractivity contribution in [3.8, 4) is 0 Å². The van der Waals surface area contributed by atoms with Gasteiger partial charge < -0.3 is 14.8 Å². The Balaban J connectivity index is 2.29. The van der Waals surface area contributed by atoms with Crippen LogP contribution in [-0.4, -0.2) is 43.8 Å². The monoisotopic (exact) mass is 241 g/mol. The summed E-state index contributed by atoms with van der Waals surface area (Å²) in [7, 11) is 3.41. The molecule has 0 bridgehead atoms. The lowest BCUT2D eigenvalue weighted by Gasteiger charge is -2.06. The van der Waals surface area contributed by atoms with E-state index in [9.17, 15) is 4.79 Å². The van der Waals surface area contributed by atoms with E-state index >= 15 is 0 Å². The van der Waals surface area contributed by atoms with Gasteiger partial charge in [-0.1, -0.05) is 0 Å². The maximum atomic E-state index is 11.6. The molecule has 1 heterocycles. The molecule has 0 radical (unpaired) electrons. The molecular weight excluding hydrogens is 222 g/mol. The van der Waals surface area contributed by atoms with Gasteiger partial charge in [-0.05, 0) is 6.42 Å². The van der Waals surface area contributed by atoms with Crippen molar-refractivity contribution in [2.75, 3.05) is 39.3 Å². The fourth-order valence-corrected chi connectivity index (χ4v) is 1.30. The highest BCUT2D eigenvalue weighted by Crippen LogP contribution is 1.96. The summed E-state index contributed by atoms with van der Waals surface area (Å²) in [4.78, 5) is 11.6. The quantitative estimate of drug-likeness (QED) is 0.665. The highest BCUT2D eigenvalue weighted by molar-refractivity contribution is 5.37. The molecular formula is C11H19N3O3. The molecule has 96 valence electrons. The fraction of sp³-hybridized carbons (Fsp3) is 0.636. The van der Waals surface area contributed by atoms with Crippen molar-refractivity contribution in [3.05, 3.63) is 22.6 Å². The second kappa shape index (κ2) is 7.81. The van der Waals surface area contributed by atoms with Gasteiger partial charge >= 0.3 is 0 Å². The van der Waals surface area contributed by atoms with Gasteiger partial charge in [-0.15, -0.1) is 0 Å². The summed E-state index contributed by atoms with van der Waals surface area (Å²) in [5.41, 5.74) is 0.588. The second-order valence-corrected chi connectivity index (χ2v) is 3.51. The van der Waals surface area contributed by atoms with E-state index in [0.717, 1.165) is 6.42 Å². The average molecular weight is 241 g/mol. The van der Waals surface area contributed by atoms with Gasteiger partial charge in [-0.3, -0.25) is 4.79 Å². The minimum atomic E-state index is -0.127. The van der Waals surface area contributed by atoms with Crippen molar-refractivity contribution < 1.29 is 9.47 Å². The summed E-state index contributed by atoms with van der Waals surface area (Å²) in [5.74, 6) is 0. The minimum Gasteiger partial charge on any atom is -0.387 e. The van der Waals surface area contributed by atoms with E-state index in [-0.39, 0.29) is 5.56 Å². The molecule has 0 amide bonds. The Hall–Kier alpha value is -1.40. The van der Waals surface area contributed by atoms with Crippen LogP contribution in [-0.2, 0) is 16.0 Å². The Labute approximate surface area is 101 Å². The van der Waals surface area contributed by atoms with E-state index in [1.54, 1.807) is 20.4 Å². The zero-order valence-corrected chi connectivity index (χ0v) is 10.3. The zero-order chi connectivity index (χ0) is 12.5. The van der Waals surface area contributed by atoms with Crippen LogP contribution in [0.15, 0.2) is 17.1 Å². The molecule has 6 nitrogen and oxygen atoms in total. The molecule has 0 atom stereocenters. The third kappa shape index (κ3) is 4.97. The van der Waals surface area contributed by atoms with Gasteiger partial charge in [0, 0.05) is 33.4 Å². The highest BCUT2D eigenvalue weighted by atomic mass is 16.5. The van der Waals surface area contributed by atoms with Gasteiger partial charge in [0.1, 0.15) is 0 Å². The molecule has 0 fully saturated rings. The molecule has 1 rings (SSSR count). The molecule has 0 aliphatic heterocycles. The van der Waals surface area contributed by atoms with E-state index < -0.39 is 0 Å². The lowest BCUT2D eigenvalue weighted by atomic mass is 10.4. The maximum Gasteiger partial charge on any atom is 0.268 e. The predicted molar refractivity (Wildman–Crippen MR) is 65.4 cm³/mol. The van der Waals surface area contributed by atoms with Crippen LogP contribution in [0.1, 0.15) is 6.42 Å². The summed E-state index contributed by atoms with van der Waals surface area (Å²) >= 11 is 0. The lowest BCUT2D eigenvalue weighted by molar-refractivity contribution is 0.0954. The number of nitrogens with zero attached hydrogens (tertiary/aromatic N) is 2. The second-order valence-electron chi connectivity index (χ2n) is 3.51. The molecule has 1 aromatic rings. The van der Waals surface area contributed by atoms with Gasteiger partial charge in [0.15, 0.2) is 0 Å². The van der Waals surface area contributed by atoms with Crippen LogP contribution in [0, 0.1) is 0 Å². The topological polar surface area (TPSA) is 65.4 Å². The van der Waals surface area contributed by atoms with E-state index in [1.807, 2.05) is 0 Å². The van der Waals surface area contributed by atoms with Crippen LogP contribution in [0.4, 0.5) is 5.69 Å². The number of anilines is 1. The molecule has 0 aliphatic carbocycles. The number of ether oxygens (including phenoxy) is 2. The molecule has 17 heavy (non-hydrogen) atoms. The van der Waals surface area contributed by atoms with E-state index in [2.05, 4.69) is 10.4 Å². The minimum absolute atomic E-state index is 0.127. The number of hydrogen-bond donors (Lipinski definition) is 1. The Bertz CT molecular complexity index is 378. The molecule has 0 aliphatic rings. The van der Waals surface area contributed by atoms with Crippen LogP contribution in [0.2, 0.25) is 0 Å². The van der Waals surface area contributed by atoms with Crippen LogP contribution in [0.5, 0.6) is 0 Å². The summed E-state index contributed by atoms with van der Waals surface area (Å²) in [6, 6.07) is 1.51. The number of hydrogen-bond acceptors (Lipinski definition) is 5. The first-order chi connectivity index (χ1) is 8.27. The summed E-state index contributed by atoms with van der Waals surface area (Å²) in [5, 5.41) is 6.88. The number of rotatable bonds is 8. The first-order valence-electron chi connectivity index (χ1n) is 5.59. The van der Waals surface area contributed by atoms with Gasteiger partial charge in [0.05, 0.1) is 25.0 Å². The van der Waals surface area contributed by atoms with E-state index in [4.69, 9.17) is 9.47 Å². The van der Waals surface area contributed by atoms with Crippen LogP contribution in [0.25, 0.3) is 0 Å². The molecule has 6 heteroatoms. The molecule has 0 saturated heterocycles. The smallest absolute Gasteiger partial charge is 0.268 e. The SMILES string of the molecule is CNc1cnn(CCOCCCOC)c(=O)c1. The summed E-state index contributed by atoms with van der Waals surface area (Å²) in [6.45, 7) is 2.28. The third-order valence-corrected chi connectivity index (χ3v) is 2.24. The normalized spacial score (nSPS) is 10.5. The van der Waals surface area contributed by atoms with Crippen LogP contribution >= 0.6 is 0 Å². The number of nitrogens with one attached hydrogen (secondary N) is 1. The Morgan fingerprint density at radius 1 is 1.41 bits per heavy atom. The molecule has 0 spiro atoms. The van der Waals surface area contributed by atoms with Crippen molar-refractivity contribution in [1.82, 2.24) is 9.78 Å². The maximum absolute atomic E-state index is 11.6. The van der Waals surface area contributed by atoms with Crippen molar-refractivity contribution in [2.24, 2.45) is 0 Å². The average Bonchev–Trinajstić information content (AvgIpc) is 2.35. The standard InChI is InChI=1S/C11H19N3O3/c1-12-10-8-11(15)14(13-9-10)4-7-17-6-3-5-16-2/h8-9,12H,3-7H2,1-2H3. The molecule has 1 N–H and O–H groups in total. The molecule has 1 aromatic heterocycles. The van der Waals surface area contributed by atoms with Gasteiger partial charge in [0.25, 0.3) is 5.56 Å². The Kier molecular flexibility index (Phi) is 6.27. The molecule has 0 aromatic carbocycles. The first kappa shape index (κ1) is 13.7. The van der Waals surface area contributed by atoms with Crippen LogP contribution in [0.3, 0.4) is 0 Å². The van der Waals surface area contributed by atoms with Crippen molar-refractivity contribution in [1.29, 1.82) is 0 Å². The van der Waals surface area contributed by atoms with Gasteiger partial charge in [0.2, 0.25) is 0 Å². The largest absolute Gasteiger partial charge is 0.387 e. The third-order valence-electron chi connectivity index (χ3n) is 2.24. The van der Waals surface area contributed by atoms with Crippen molar-refractivity contribution in [3.63, 3.8) is 0 Å². The predicted octanol–water partition coefficient (Wildman–Crippen LogP) is 0.338. The Morgan fingerprint density at radius 2 is 2.24 bits per heavy atom. The van der Waals surface area contributed by atoms with Gasteiger partial charge in [-0.2, -0.15) is 5.10 Å². The zero-order valence-electron chi connectivity index (χ0n) is 10.3.